The minimum atomic E-state index is 0. The summed E-state index contributed by atoms with van der Waals surface area (Å²) in [7, 11) is 1.86. The van der Waals surface area contributed by atoms with E-state index in [1.165, 1.54) is 25.9 Å². The Morgan fingerprint density at radius 2 is 1.77 bits per heavy atom. The van der Waals surface area contributed by atoms with E-state index in [1.807, 2.05) is 7.05 Å². The summed E-state index contributed by atoms with van der Waals surface area (Å²) in [6.45, 7) is 10.3. The quantitative estimate of drug-likeness (QED) is 0.241. The van der Waals surface area contributed by atoms with Gasteiger partial charge in [0.15, 0.2) is 5.96 Å². The zero-order chi connectivity index (χ0) is 21.2. The average Bonchev–Trinajstić information content (AvgIpc) is 3.33. The third kappa shape index (κ3) is 8.01. The molecule has 0 saturated carbocycles. The van der Waals surface area contributed by atoms with Crippen molar-refractivity contribution >= 4 is 35.8 Å². The molecule has 0 unspecified atom stereocenters. The van der Waals surface area contributed by atoms with E-state index in [0.717, 1.165) is 77.5 Å². The van der Waals surface area contributed by atoms with E-state index in [0.29, 0.717) is 12.6 Å². The second kappa shape index (κ2) is 13.8. The average molecular weight is 551 g/mol. The maximum absolute atomic E-state index is 11.9. The lowest BCUT2D eigenvalue weighted by Gasteiger charge is -2.45. The lowest BCUT2D eigenvalue weighted by atomic mass is 9.88. The number of hydrogen-bond donors (Lipinski definition) is 3. The van der Waals surface area contributed by atoms with Crippen LogP contribution in [0.25, 0.3) is 0 Å². The van der Waals surface area contributed by atoms with Crippen LogP contribution < -0.4 is 16.0 Å². The molecule has 8 nitrogen and oxygen atoms in total. The van der Waals surface area contributed by atoms with Gasteiger partial charge in [0, 0.05) is 58.0 Å². The minimum Gasteiger partial charge on any atom is -0.381 e. The summed E-state index contributed by atoms with van der Waals surface area (Å²) in [4.78, 5) is 21.4. The van der Waals surface area contributed by atoms with Crippen LogP contribution in [0.1, 0.15) is 51.9 Å². The van der Waals surface area contributed by atoms with Gasteiger partial charge in [-0.1, -0.05) is 6.92 Å². The van der Waals surface area contributed by atoms with Crippen molar-refractivity contribution in [2.75, 3.05) is 66.1 Å². The Balaban J connectivity index is 0.00000341. The van der Waals surface area contributed by atoms with Crippen molar-refractivity contribution in [3.63, 3.8) is 0 Å². The first-order chi connectivity index (χ1) is 14.6. The van der Waals surface area contributed by atoms with E-state index in [2.05, 4.69) is 37.7 Å². The molecule has 0 bridgehead atoms. The molecular formula is C22H43IN6O2. The zero-order valence-corrected chi connectivity index (χ0v) is 21.8. The van der Waals surface area contributed by atoms with Gasteiger partial charge in [0.1, 0.15) is 0 Å². The molecule has 9 heteroatoms. The topological polar surface area (TPSA) is 81.2 Å². The van der Waals surface area contributed by atoms with Gasteiger partial charge in [-0.15, -0.1) is 24.0 Å². The Labute approximate surface area is 205 Å². The highest BCUT2D eigenvalue weighted by atomic mass is 127. The van der Waals surface area contributed by atoms with Crippen molar-refractivity contribution in [1.29, 1.82) is 0 Å². The van der Waals surface area contributed by atoms with Crippen molar-refractivity contribution in [1.82, 2.24) is 25.8 Å². The minimum absolute atomic E-state index is 0. The van der Waals surface area contributed by atoms with Crippen molar-refractivity contribution in [3.8, 4) is 0 Å². The predicted octanol–water partition coefficient (Wildman–Crippen LogP) is 1.41. The van der Waals surface area contributed by atoms with E-state index >= 15 is 0 Å². The number of carbonyl (C=O) groups excluding carboxylic acids is 1. The Hall–Kier alpha value is -0.650. The van der Waals surface area contributed by atoms with Crippen LogP contribution in [0.4, 0.5) is 0 Å². The molecule has 0 spiro atoms. The standard InChI is InChI=1S/C22H42N6O2.HI/c1-3-10-24-20(29)17-27-13-6-19(7-14-27)26-21(23-2)25-18-22(8-15-30-16-9-22)28-11-4-5-12-28;/h19H,3-18H2,1-2H3,(H,24,29)(H2,23,25,26);1H. The molecule has 3 fully saturated rings. The smallest absolute Gasteiger partial charge is 0.234 e. The number of carbonyl (C=O) groups is 1. The molecule has 0 aliphatic carbocycles. The number of halogens is 1. The first-order valence-electron chi connectivity index (χ1n) is 11.9. The highest BCUT2D eigenvalue weighted by Crippen LogP contribution is 2.30. The van der Waals surface area contributed by atoms with Gasteiger partial charge in [-0.3, -0.25) is 19.6 Å². The predicted molar refractivity (Wildman–Crippen MR) is 136 cm³/mol. The van der Waals surface area contributed by atoms with E-state index in [1.54, 1.807) is 0 Å². The first kappa shape index (κ1) is 26.6. The molecular weight excluding hydrogens is 507 g/mol. The number of rotatable bonds is 8. The Bertz CT molecular complexity index is 556. The monoisotopic (exact) mass is 550 g/mol. The molecule has 0 aromatic rings. The number of hydrogen-bond acceptors (Lipinski definition) is 5. The second-order valence-electron chi connectivity index (χ2n) is 9.00. The number of nitrogens with zero attached hydrogens (tertiary/aromatic N) is 3. The molecule has 3 rings (SSSR count). The van der Waals surface area contributed by atoms with Crippen LogP contribution in [0.5, 0.6) is 0 Å². The van der Waals surface area contributed by atoms with Gasteiger partial charge >= 0.3 is 0 Å². The molecule has 3 saturated heterocycles. The molecule has 180 valence electrons. The maximum Gasteiger partial charge on any atom is 0.234 e. The summed E-state index contributed by atoms with van der Waals surface area (Å²) in [6, 6.07) is 0.406. The van der Waals surface area contributed by atoms with Gasteiger partial charge in [-0.05, 0) is 58.0 Å². The largest absolute Gasteiger partial charge is 0.381 e. The number of ether oxygens (including phenoxy) is 1. The van der Waals surface area contributed by atoms with E-state index in [4.69, 9.17) is 4.74 Å². The van der Waals surface area contributed by atoms with Crippen molar-refractivity contribution in [2.45, 2.75) is 63.5 Å². The van der Waals surface area contributed by atoms with E-state index in [-0.39, 0.29) is 35.4 Å². The molecule has 0 aromatic heterocycles. The molecule has 1 amide bonds. The van der Waals surface area contributed by atoms with Crippen LogP contribution in [0, 0.1) is 0 Å². The van der Waals surface area contributed by atoms with Crippen LogP contribution >= 0.6 is 24.0 Å². The number of likely N-dealkylation sites (tertiary alicyclic amines) is 2. The maximum atomic E-state index is 11.9. The highest BCUT2D eigenvalue weighted by molar-refractivity contribution is 14.0. The molecule has 0 radical (unpaired) electrons. The summed E-state index contributed by atoms with van der Waals surface area (Å²) < 4.78 is 5.66. The van der Waals surface area contributed by atoms with Gasteiger partial charge < -0.3 is 20.7 Å². The summed E-state index contributed by atoms with van der Waals surface area (Å²) in [6.07, 6.45) is 7.86. The second-order valence-corrected chi connectivity index (χ2v) is 9.00. The molecule has 3 N–H and O–H groups in total. The van der Waals surface area contributed by atoms with Gasteiger partial charge in [-0.2, -0.15) is 0 Å². The lowest BCUT2D eigenvalue weighted by molar-refractivity contribution is -0.122. The lowest BCUT2D eigenvalue weighted by Crippen LogP contribution is -2.59. The normalized spacial score (nSPS) is 23.2. The molecule has 31 heavy (non-hydrogen) atoms. The summed E-state index contributed by atoms with van der Waals surface area (Å²) >= 11 is 0. The molecule has 0 atom stereocenters. The highest BCUT2D eigenvalue weighted by Gasteiger charge is 2.39. The molecule has 3 aliphatic rings. The van der Waals surface area contributed by atoms with E-state index in [9.17, 15) is 4.79 Å². The number of guanidine groups is 1. The third-order valence-electron chi connectivity index (χ3n) is 6.88. The van der Waals surface area contributed by atoms with E-state index < -0.39 is 0 Å². The van der Waals surface area contributed by atoms with Gasteiger partial charge in [0.05, 0.1) is 6.54 Å². The van der Waals surface area contributed by atoms with Crippen LogP contribution in [0.3, 0.4) is 0 Å². The van der Waals surface area contributed by atoms with Crippen LogP contribution in [0.15, 0.2) is 4.99 Å². The van der Waals surface area contributed by atoms with Crippen molar-refractivity contribution in [2.24, 2.45) is 4.99 Å². The SMILES string of the molecule is CCCNC(=O)CN1CCC(NC(=NC)NCC2(N3CCCC3)CCOCC2)CC1.I. The molecule has 0 aromatic carbocycles. The molecule has 3 heterocycles. The fourth-order valence-electron chi connectivity index (χ4n) is 4.94. The fourth-order valence-corrected chi connectivity index (χ4v) is 4.94. The fraction of sp³-hybridized carbons (Fsp3) is 0.909. The third-order valence-corrected chi connectivity index (χ3v) is 6.88. The summed E-state index contributed by atoms with van der Waals surface area (Å²) in [5.41, 5.74) is 0.196. The van der Waals surface area contributed by atoms with Crippen LogP contribution in [-0.4, -0.2) is 99.3 Å². The van der Waals surface area contributed by atoms with Crippen LogP contribution in [-0.2, 0) is 9.53 Å². The van der Waals surface area contributed by atoms with Gasteiger partial charge in [0.2, 0.25) is 5.91 Å². The Kier molecular flexibility index (Phi) is 11.8. The first-order valence-corrected chi connectivity index (χ1v) is 11.9. The number of piperidine rings is 1. The molecule has 3 aliphatic heterocycles. The van der Waals surface area contributed by atoms with Gasteiger partial charge in [-0.25, -0.2) is 0 Å². The summed E-state index contributed by atoms with van der Waals surface area (Å²) in [5, 5.41) is 10.2. The Morgan fingerprint density at radius 3 is 2.39 bits per heavy atom. The number of nitrogens with one attached hydrogen (secondary N) is 3. The zero-order valence-electron chi connectivity index (χ0n) is 19.5. The van der Waals surface area contributed by atoms with Crippen LogP contribution in [0.2, 0.25) is 0 Å². The van der Waals surface area contributed by atoms with Gasteiger partial charge in [0.25, 0.3) is 0 Å². The number of aliphatic imine (C=N–C) groups is 1. The van der Waals surface area contributed by atoms with Crippen molar-refractivity contribution < 1.29 is 9.53 Å². The Morgan fingerprint density at radius 1 is 1.10 bits per heavy atom. The van der Waals surface area contributed by atoms with Crippen molar-refractivity contribution in [3.05, 3.63) is 0 Å². The summed E-state index contributed by atoms with van der Waals surface area (Å²) in [5.74, 6) is 1.05. The number of amides is 1.